The molecule has 2 aromatic rings. The van der Waals surface area contributed by atoms with E-state index in [1.807, 2.05) is 0 Å². The summed E-state index contributed by atoms with van der Waals surface area (Å²) in [6, 6.07) is 6.35. The van der Waals surface area contributed by atoms with Crippen molar-refractivity contribution in [2.45, 2.75) is 11.8 Å². The van der Waals surface area contributed by atoms with E-state index in [2.05, 4.69) is 14.7 Å². The van der Waals surface area contributed by atoms with Gasteiger partial charge in [0.25, 0.3) is 10.0 Å². The summed E-state index contributed by atoms with van der Waals surface area (Å²) in [6.45, 7) is 1.71. The number of anilines is 1. The molecule has 94 valence electrons. The molecule has 0 atom stereocenters. The molecule has 0 radical (unpaired) electrons. The Morgan fingerprint density at radius 1 is 1.28 bits per heavy atom. The highest BCUT2D eigenvalue weighted by atomic mass is 32.2. The molecule has 18 heavy (non-hydrogen) atoms. The fraction of sp³-hybridized carbons (Fsp3) is 0.0909. The van der Waals surface area contributed by atoms with Crippen molar-refractivity contribution in [3.05, 3.63) is 48.0 Å². The van der Waals surface area contributed by atoms with Gasteiger partial charge in [-0.25, -0.2) is 27.5 Å². The van der Waals surface area contributed by atoms with Crippen molar-refractivity contribution in [3.8, 4) is 0 Å². The lowest BCUT2D eigenvalue weighted by Gasteiger charge is -2.06. The van der Waals surface area contributed by atoms with E-state index in [-0.39, 0.29) is 10.8 Å². The van der Waals surface area contributed by atoms with E-state index in [4.69, 9.17) is 0 Å². The van der Waals surface area contributed by atoms with Gasteiger partial charge in [-0.15, -0.1) is 0 Å². The molecule has 0 saturated heterocycles. The zero-order chi connectivity index (χ0) is 13.2. The number of hydrogen-bond donors (Lipinski definition) is 1. The van der Waals surface area contributed by atoms with Gasteiger partial charge in [-0.3, -0.25) is 0 Å². The van der Waals surface area contributed by atoms with Crippen LogP contribution in [-0.4, -0.2) is 18.4 Å². The van der Waals surface area contributed by atoms with Gasteiger partial charge in [0, 0.05) is 11.9 Å². The van der Waals surface area contributed by atoms with Crippen molar-refractivity contribution in [2.75, 3.05) is 4.72 Å². The second kappa shape index (κ2) is 4.69. The molecule has 7 heteroatoms. The van der Waals surface area contributed by atoms with Crippen LogP contribution in [0.4, 0.5) is 10.3 Å². The van der Waals surface area contributed by atoms with Crippen LogP contribution in [0, 0.1) is 12.7 Å². The molecule has 0 spiro atoms. The Kier molecular flexibility index (Phi) is 3.24. The summed E-state index contributed by atoms with van der Waals surface area (Å²) in [5, 5.41) is 0. The van der Waals surface area contributed by atoms with Crippen LogP contribution in [0.15, 0.2) is 41.4 Å². The maximum absolute atomic E-state index is 13.0. The third-order valence-electron chi connectivity index (χ3n) is 2.13. The van der Waals surface area contributed by atoms with Crippen LogP contribution in [-0.2, 0) is 10.0 Å². The number of benzene rings is 1. The Bertz CT molecular complexity index is 673. The molecule has 0 aliphatic heterocycles. The highest BCUT2D eigenvalue weighted by molar-refractivity contribution is 7.92. The molecule has 1 aromatic heterocycles. The van der Waals surface area contributed by atoms with Gasteiger partial charge in [-0.2, -0.15) is 0 Å². The summed E-state index contributed by atoms with van der Waals surface area (Å²) in [6.07, 6.45) is 1.44. The number of nitrogens with one attached hydrogen (secondary N) is 1. The van der Waals surface area contributed by atoms with Gasteiger partial charge in [0.1, 0.15) is 5.82 Å². The van der Waals surface area contributed by atoms with Crippen LogP contribution >= 0.6 is 0 Å². The monoisotopic (exact) mass is 267 g/mol. The van der Waals surface area contributed by atoms with Gasteiger partial charge in [-0.1, -0.05) is 6.07 Å². The van der Waals surface area contributed by atoms with Crippen LogP contribution in [0.2, 0.25) is 0 Å². The van der Waals surface area contributed by atoms with Crippen LogP contribution in [0.1, 0.15) is 5.69 Å². The molecule has 1 N–H and O–H groups in total. The number of hydrogen-bond acceptors (Lipinski definition) is 4. The van der Waals surface area contributed by atoms with Crippen LogP contribution in [0.5, 0.6) is 0 Å². The van der Waals surface area contributed by atoms with Crippen molar-refractivity contribution in [1.29, 1.82) is 0 Å². The topological polar surface area (TPSA) is 72.0 Å². The molecule has 0 bridgehead atoms. The predicted molar refractivity (Wildman–Crippen MR) is 64.0 cm³/mol. The van der Waals surface area contributed by atoms with Gasteiger partial charge in [0.15, 0.2) is 0 Å². The van der Waals surface area contributed by atoms with Crippen LogP contribution in [0.25, 0.3) is 0 Å². The second-order valence-electron chi connectivity index (χ2n) is 3.58. The molecular weight excluding hydrogens is 257 g/mol. The smallest absolute Gasteiger partial charge is 0.247 e. The number of halogens is 1. The minimum absolute atomic E-state index is 0.0424. The SMILES string of the molecule is Cc1ccnc(NS(=O)(=O)c2cccc(F)c2)n1. The Labute approximate surface area is 104 Å². The summed E-state index contributed by atoms with van der Waals surface area (Å²) in [5.74, 6) is -0.665. The number of aryl methyl sites for hydroxylation is 1. The normalized spacial score (nSPS) is 11.2. The first-order valence-corrected chi connectivity index (χ1v) is 6.54. The third kappa shape index (κ3) is 2.80. The quantitative estimate of drug-likeness (QED) is 0.919. The highest BCUT2D eigenvalue weighted by Crippen LogP contribution is 2.13. The minimum Gasteiger partial charge on any atom is -0.247 e. The number of aromatic nitrogens is 2. The fourth-order valence-electron chi connectivity index (χ4n) is 1.31. The maximum Gasteiger partial charge on any atom is 0.264 e. The first-order chi connectivity index (χ1) is 8.47. The molecule has 0 saturated carbocycles. The zero-order valence-electron chi connectivity index (χ0n) is 9.46. The summed E-state index contributed by atoms with van der Waals surface area (Å²) >= 11 is 0. The second-order valence-corrected chi connectivity index (χ2v) is 5.27. The van der Waals surface area contributed by atoms with Crippen molar-refractivity contribution < 1.29 is 12.8 Å². The molecular formula is C11H10FN3O2S. The van der Waals surface area contributed by atoms with E-state index in [1.165, 1.54) is 24.4 Å². The molecule has 0 unspecified atom stereocenters. The number of nitrogens with zero attached hydrogens (tertiary/aromatic N) is 2. The average Bonchev–Trinajstić information content (AvgIpc) is 2.28. The molecule has 0 fully saturated rings. The van der Waals surface area contributed by atoms with E-state index in [0.717, 1.165) is 6.07 Å². The first kappa shape index (κ1) is 12.4. The van der Waals surface area contributed by atoms with E-state index in [0.29, 0.717) is 5.69 Å². The standard InChI is InChI=1S/C11H10FN3O2S/c1-8-5-6-13-11(14-8)15-18(16,17)10-4-2-3-9(12)7-10/h2-7H,1H3,(H,13,14,15). The largest absolute Gasteiger partial charge is 0.264 e. The molecule has 5 nitrogen and oxygen atoms in total. The van der Waals surface area contributed by atoms with Crippen LogP contribution < -0.4 is 4.72 Å². The average molecular weight is 267 g/mol. The van der Waals surface area contributed by atoms with Crippen molar-refractivity contribution >= 4 is 16.0 Å². The molecule has 1 aromatic carbocycles. The zero-order valence-corrected chi connectivity index (χ0v) is 10.3. The summed E-state index contributed by atoms with van der Waals surface area (Å²) in [4.78, 5) is 7.52. The summed E-state index contributed by atoms with van der Waals surface area (Å²) < 4.78 is 39.0. The molecule has 1 heterocycles. The van der Waals surface area contributed by atoms with Gasteiger partial charge in [-0.05, 0) is 31.2 Å². The Hall–Kier alpha value is -2.02. The number of sulfonamides is 1. The van der Waals surface area contributed by atoms with Crippen molar-refractivity contribution in [1.82, 2.24) is 9.97 Å². The minimum atomic E-state index is -3.87. The van der Waals surface area contributed by atoms with E-state index in [1.54, 1.807) is 13.0 Å². The Morgan fingerprint density at radius 3 is 2.72 bits per heavy atom. The lowest BCUT2D eigenvalue weighted by Crippen LogP contribution is -2.15. The first-order valence-electron chi connectivity index (χ1n) is 5.05. The molecule has 2 rings (SSSR count). The Balaban J connectivity index is 2.33. The predicted octanol–water partition coefficient (Wildman–Crippen LogP) is 1.72. The lowest BCUT2D eigenvalue weighted by molar-refractivity contribution is 0.595. The maximum atomic E-state index is 13.0. The van der Waals surface area contributed by atoms with E-state index >= 15 is 0 Å². The molecule has 0 amide bonds. The van der Waals surface area contributed by atoms with Gasteiger partial charge < -0.3 is 0 Å². The van der Waals surface area contributed by atoms with Crippen LogP contribution in [0.3, 0.4) is 0 Å². The molecule has 0 aliphatic carbocycles. The van der Waals surface area contributed by atoms with Gasteiger partial charge in [0.05, 0.1) is 4.90 Å². The number of rotatable bonds is 3. The third-order valence-corrected chi connectivity index (χ3v) is 3.45. The van der Waals surface area contributed by atoms with E-state index < -0.39 is 15.8 Å². The van der Waals surface area contributed by atoms with Gasteiger partial charge >= 0.3 is 0 Å². The highest BCUT2D eigenvalue weighted by Gasteiger charge is 2.16. The molecule has 0 aliphatic rings. The fourth-order valence-corrected chi connectivity index (χ4v) is 2.29. The van der Waals surface area contributed by atoms with Gasteiger partial charge in [0.2, 0.25) is 5.95 Å². The van der Waals surface area contributed by atoms with E-state index in [9.17, 15) is 12.8 Å². The van der Waals surface area contributed by atoms with Crippen molar-refractivity contribution in [2.24, 2.45) is 0 Å². The summed E-state index contributed by atoms with van der Waals surface area (Å²) in [5.41, 5.74) is 0.627. The Morgan fingerprint density at radius 2 is 2.06 bits per heavy atom. The lowest BCUT2D eigenvalue weighted by atomic mass is 10.4. The summed E-state index contributed by atoms with van der Waals surface area (Å²) in [7, 11) is -3.87. The van der Waals surface area contributed by atoms with Crippen molar-refractivity contribution in [3.63, 3.8) is 0 Å².